The average Bonchev–Trinajstić information content (AvgIpc) is 3.32. The number of pyridine rings is 1. The van der Waals surface area contributed by atoms with Gasteiger partial charge in [-0.3, -0.25) is 14.9 Å². The Morgan fingerprint density at radius 3 is 2.58 bits per heavy atom. The molecule has 2 amide bonds. The second kappa shape index (κ2) is 9.96. The van der Waals surface area contributed by atoms with Crippen molar-refractivity contribution < 1.29 is 24.2 Å². The minimum absolute atomic E-state index is 0.0989. The number of amides is 2. The van der Waals surface area contributed by atoms with Crippen LogP contribution in [0.3, 0.4) is 0 Å². The van der Waals surface area contributed by atoms with Crippen molar-refractivity contribution in [3.05, 3.63) is 53.2 Å². The zero-order chi connectivity index (χ0) is 25.3. The van der Waals surface area contributed by atoms with E-state index in [1.807, 2.05) is 6.08 Å². The number of carbonyl (C=O) groups is 2. The number of carbonyl (C=O) groups excluding carboxylic acids is 2. The molecule has 0 unspecified atom stereocenters. The molecule has 2 aliphatic rings. The number of hydrogen-bond donors (Lipinski definition) is 2. The Labute approximate surface area is 212 Å². The number of piperidine rings is 1. The van der Waals surface area contributed by atoms with Gasteiger partial charge in [0.1, 0.15) is 5.52 Å². The molecule has 5 rings (SSSR count). The number of nitrogens with one attached hydrogen (secondary N) is 1. The van der Waals surface area contributed by atoms with Crippen LogP contribution in [0.5, 0.6) is 5.88 Å². The number of rotatable bonds is 5. The molecule has 1 saturated heterocycles. The first-order chi connectivity index (χ1) is 17.3. The summed E-state index contributed by atoms with van der Waals surface area (Å²) in [5, 5.41) is 13.4. The third kappa shape index (κ3) is 4.97. The number of fused-ring (bicyclic) bond motifs is 1. The molecule has 4 heterocycles. The van der Waals surface area contributed by atoms with E-state index in [0.29, 0.717) is 66.8 Å². The Kier molecular flexibility index (Phi) is 6.74. The van der Waals surface area contributed by atoms with Crippen molar-refractivity contribution in [3.63, 3.8) is 0 Å². The normalized spacial score (nSPS) is 17.5. The minimum Gasteiger partial charge on any atom is -0.479 e. The maximum atomic E-state index is 12.9. The van der Waals surface area contributed by atoms with E-state index >= 15 is 0 Å². The largest absolute Gasteiger partial charge is 0.479 e. The Morgan fingerprint density at radius 2 is 1.92 bits per heavy atom. The Balaban J connectivity index is 1.32. The quantitative estimate of drug-likeness (QED) is 0.540. The number of aliphatic hydroxyl groups is 1. The summed E-state index contributed by atoms with van der Waals surface area (Å²) in [5.74, 6) is -0.0146. The average molecular weight is 509 g/mol. The minimum atomic E-state index is -0.720. The van der Waals surface area contributed by atoms with Crippen LogP contribution in [0.2, 0.25) is 0 Å². The fraction of sp³-hybridized carbons (Fsp3) is 0.385. The number of methoxy groups -OCH3 is 1. The van der Waals surface area contributed by atoms with Crippen LogP contribution in [0, 0.1) is 0 Å². The monoisotopic (exact) mass is 508 g/mol. The summed E-state index contributed by atoms with van der Waals surface area (Å²) in [7, 11) is 1.54. The second-order valence-electron chi connectivity index (χ2n) is 9.25. The van der Waals surface area contributed by atoms with Gasteiger partial charge in [-0.2, -0.15) is 0 Å². The maximum Gasteiger partial charge on any atom is 0.257 e. The second-order valence-corrected chi connectivity index (χ2v) is 10.3. The topological polar surface area (TPSA) is 114 Å². The van der Waals surface area contributed by atoms with Crippen LogP contribution in [-0.2, 0) is 4.74 Å². The highest BCUT2D eigenvalue weighted by Crippen LogP contribution is 2.38. The number of nitrogens with zero attached hydrogens (tertiary/aromatic N) is 3. The molecule has 2 N–H and O–H groups in total. The van der Waals surface area contributed by atoms with Crippen LogP contribution in [-0.4, -0.2) is 70.8 Å². The predicted molar refractivity (Wildman–Crippen MR) is 138 cm³/mol. The number of ether oxygens (including phenoxy) is 2. The summed E-state index contributed by atoms with van der Waals surface area (Å²) < 4.78 is 11.7. The summed E-state index contributed by atoms with van der Waals surface area (Å²) in [4.78, 5) is 36.5. The zero-order valence-electron chi connectivity index (χ0n) is 20.2. The standard InChI is InChI=1S/C26H28N4O5S/c1-26(33)9-11-30(12-10-26)24(32)18-5-3-17(4-6-18)22(31)29-25-28-20-21(36-25)19(15-27-23(20)34-2)16-7-13-35-14-8-16/h3-7,15,33H,8-14H2,1-2H3,(H,28,29,31). The molecule has 2 aliphatic heterocycles. The lowest BCUT2D eigenvalue weighted by molar-refractivity contribution is -0.00203. The fourth-order valence-corrected chi connectivity index (χ4v) is 5.40. The molecule has 9 nitrogen and oxygen atoms in total. The first kappa shape index (κ1) is 24.4. The third-order valence-corrected chi connectivity index (χ3v) is 7.63. The van der Waals surface area contributed by atoms with Crippen molar-refractivity contribution >= 4 is 44.1 Å². The van der Waals surface area contributed by atoms with Crippen molar-refractivity contribution in [1.82, 2.24) is 14.9 Å². The summed E-state index contributed by atoms with van der Waals surface area (Å²) >= 11 is 1.37. The van der Waals surface area contributed by atoms with Gasteiger partial charge in [0, 0.05) is 36.0 Å². The van der Waals surface area contributed by atoms with E-state index in [-0.39, 0.29) is 11.8 Å². The number of anilines is 1. The molecule has 188 valence electrons. The molecule has 10 heteroatoms. The first-order valence-corrected chi connectivity index (χ1v) is 12.7. The third-order valence-electron chi connectivity index (χ3n) is 6.63. The van der Waals surface area contributed by atoms with Crippen LogP contribution in [0.4, 0.5) is 5.13 Å². The van der Waals surface area contributed by atoms with E-state index in [1.54, 1.807) is 49.4 Å². The van der Waals surface area contributed by atoms with Crippen LogP contribution < -0.4 is 10.1 Å². The molecule has 0 saturated carbocycles. The first-order valence-electron chi connectivity index (χ1n) is 11.9. The molecule has 0 spiro atoms. The van der Waals surface area contributed by atoms with Crippen molar-refractivity contribution in [2.24, 2.45) is 0 Å². The Bertz CT molecular complexity index is 1320. The molecule has 0 aliphatic carbocycles. The van der Waals surface area contributed by atoms with Crippen molar-refractivity contribution in [1.29, 1.82) is 0 Å². The summed E-state index contributed by atoms with van der Waals surface area (Å²) in [6.45, 7) is 4.02. The molecule has 1 aromatic carbocycles. The molecular formula is C26H28N4O5S. The summed E-state index contributed by atoms with van der Waals surface area (Å²) in [5.41, 5.74) is 2.92. The van der Waals surface area contributed by atoms with Crippen molar-refractivity contribution in [2.45, 2.75) is 31.8 Å². The van der Waals surface area contributed by atoms with Gasteiger partial charge in [-0.05, 0) is 56.0 Å². The van der Waals surface area contributed by atoms with E-state index in [0.717, 1.165) is 22.3 Å². The van der Waals surface area contributed by atoms with Gasteiger partial charge >= 0.3 is 0 Å². The van der Waals surface area contributed by atoms with E-state index in [9.17, 15) is 14.7 Å². The fourth-order valence-electron chi connectivity index (χ4n) is 4.40. The van der Waals surface area contributed by atoms with Crippen LogP contribution in [0.25, 0.3) is 15.8 Å². The lowest BCUT2D eigenvalue weighted by Gasteiger charge is -2.35. The van der Waals surface area contributed by atoms with Gasteiger partial charge in [0.15, 0.2) is 5.13 Å². The summed E-state index contributed by atoms with van der Waals surface area (Å²) in [6, 6.07) is 6.59. The van der Waals surface area contributed by atoms with Gasteiger partial charge in [0.2, 0.25) is 5.88 Å². The maximum absolute atomic E-state index is 12.9. The highest BCUT2D eigenvalue weighted by atomic mass is 32.1. The van der Waals surface area contributed by atoms with Crippen molar-refractivity contribution in [2.75, 3.05) is 38.7 Å². The van der Waals surface area contributed by atoms with Crippen LogP contribution >= 0.6 is 11.3 Å². The van der Waals surface area contributed by atoms with Gasteiger partial charge in [0.25, 0.3) is 11.8 Å². The highest BCUT2D eigenvalue weighted by molar-refractivity contribution is 7.22. The number of hydrogen-bond acceptors (Lipinski definition) is 8. The molecule has 3 aromatic rings. The molecule has 1 fully saturated rings. The SMILES string of the molecule is COc1ncc(C2=CCOCC2)c2sc(NC(=O)c3ccc(C(=O)N4CCC(C)(O)CC4)cc3)nc12. The molecule has 0 bridgehead atoms. The van der Waals surface area contributed by atoms with Crippen LogP contribution in [0.1, 0.15) is 52.5 Å². The number of likely N-dealkylation sites (tertiary alicyclic amines) is 1. The summed E-state index contributed by atoms with van der Waals surface area (Å²) in [6.07, 6.45) is 5.70. The Hall–Kier alpha value is -3.34. The van der Waals surface area contributed by atoms with Gasteiger partial charge in [-0.1, -0.05) is 17.4 Å². The molecule has 36 heavy (non-hydrogen) atoms. The van der Waals surface area contributed by atoms with Crippen LogP contribution in [0.15, 0.2) is 36.5 Å². The number of thiazole rings is 1. The highest BCUT2D eigenvalue weighted by Gasteiger charge is 2.30. The van der Waals surface area contributed by atoms with Gasteiger partial charge in [-0.25, -0.2) is 9.97 Å². The molecule has 0 radical (unpaired) electrons. The lowest BCUT2D eigenvalue weighted by Crippen LogP contribution is -2.45. The van der Waals surface area contributed by atoms with Crippen molar-refractivity contribution in [3.8, 4) is 5.88 Å². The zero-order valence-corrected chi connectivity index (χ0v) is 21.1. The van der Waals surface area contributed by atoms with E-state index < -0.39 is 5.60 Å². The van der Waals surface area contributed by atoms with E-state index in [1.165, 1.54) is 11.3 Å². The molecule has 0 atom stereocenters. The van der Waals surface area contributed by atoms with E-state index in [4.69, 9.17) is 9.47 Å². The smallest absolute Gasteiger partial charge is 0.257 e. The van der Waals surface area contributed by atoms with Gasteiger partial charge in [-0.15, -0.1) is 0 Å². The molecule has 2 aromatic heterocycles. The van der Waals surface area contributed by atoms with Gasteiger partial charge in [0.05, 0.1) is 30.6 Å². The number of benzene rings is 1. The van der Waals surface area contributed by atoms with Gasteiger partial charge < -0.3 is 19.5 Å². The predicted octanol–water partition coefficient (Wildman–Crippen LogP) is 3.74. The number of aromatic nitrogens is 2. The molecular weight excluding hydrogens is 480 g/mol. The Morgan fingerprint density at radius 1 is 1.19 bits per heavy atom. The van der Waals surface area contributed by atoms with E-state index in [2.05, 4.69) is 15.3 Å². The lowest BCUT2D eigenvalue weighted by atomic mass is 9.93.